The number of thiol groups is 1. The van der Waals surface area contributed by atoms with Crippen molar-refractivity contribution in [1.29, 1.82) is 0 Å². The van der Waals surface area contributed by atoms with E-state index in [4.69, 9.17) is 4.74 Å². The Bertz CT molecular complexity index is 351. The molecule has 1 atom stereocenters. The third-order valence-corrected chi connectivity index (χ3v) is 3.24. The molecule has 0 N–H and O–H groups in total. The van der Waals surface area contributed by atoms with E-state index in [1.165, 1.54) is 11.1 Å². The van der Waals surface area contributed by atoms with Crippen LogP contribution in [0.4, 0.5) is 0 Å². The van der Waals surface area contributed by atoms with E-state index in [1.54, 1.807) is 0 Å². The van der Waals surface area contributed by atoms with Crippen LogP contribution in [0.5, 0.6) is 5.75 Å². The monoisotopic (exact) mass is 223 g/mol. The van der Waals surface area contributed by atoms with Gasteiger partial charge in [0.05, 0.1) is 6.61 Å². The molecule has 2 rings (SSSR count). The fraction of sp³-hybridized carbons (Fsp3) is 0.500. The molecule has 0 radical (unpaired) electrons. The van der Waals surface area contributed by atoms with Gasteiger partial charge in [-0.15, -0.1) is 0 Å². The molecule has 82 valence electrons. The summed E-state index contributed by atoms with van der Waals surface area (Å²) in [5.74, 6) is 1.89. The first-order valence-corrected chi connectivity index (χ1v) is 5.88. The van der Waals surface area contributed by atoms with Crippen molar-refractivity contribution in [2.24, 2.45) is 0 Å². The van der Waals surface area contributed by atoms with Gasteiger partial charge in [0, 0.05) is 18.2 Å². The first-order chi connectivity index (χ1) is 7.22. The number of benzene rings is 1. The lowest BCUT2D eigenvalue weighted by atomic mass is 10.0. The van der Waals surface area contributed by atoms with Crippen LogP contribution in [-0.4, -0.2) is 31.4 Å². The SMILES string of the molecule is CN(C)C(CS)c1ccc2c(c1)CCO2. The van der Waals surface area contributed by atoms with Gasteiger partial charge in [-0.1, -0.05) is 12.1 Å². The minimum atomic E-state index is 0.388. The quantitative estimate of drug-likeness (QED) is 0.788. The van der Waals surface area contributed by atoms with Crippen LogP contribution in [0.1, 0.15) is 17.2 Å². The molecule has 0 aliphatic carbocycles. The number of nitrogens with zero attached hydrogens (tertiary/aromatic N) is 1. The number of hydrogen-bond acceptors (Lipinski definition) is 3. The summed E-state index contributed by atoms with van der Waals surface area (Å²) in [7, 11) is 4.18. The Morgan fingerprint density at radius 2 is 2.27 bits per heavy atom. The molecule has 0 bridgehead atoms. The summed E-state index contributed by atoms with van der Waals surface area (Å²) in [5.41, 5.74) is 2.67. The Morgan fingerprint density at radius 3 is 2.93 bits per heavy atom. The second-order valence-corrected chi connectivity index (χ2v) is 4.49. The van der Waals surface area contributed by atoms with Gasteiger partial charge in [0.15, 0.2) is 0 Å². The van der Waals surface area contributed by atoms with E-state index in [1.807, 2.05) is 0 Å². The lowest BCUT2D eigenvalue weighted by Crippen LogP contribution is -2.21. The van der Waals surface area contributed by atoms with Gasteiger partial charge in [-0.25, -0.2) is 0 Å². The van der Waals surface area contributed by atoms with Crippen molar-refractivity contribution in [2.75, 3.05) is 26.5 Å². The molecule has 3 heteroatoms. The van der Waals surface area contributed by atoms with Gasteiger partial charge in [0.1, 0.15) is 5.75 Å². The summed E-state index contributed by atoms with van der Waals surface area (Å²) < 4.78 is 5.49. The standard InChI is InChI=1S/C12H17NOS/c1-13(2)11(8-15)9-3-4-12-10(7-9)5-6-14-12/h3-4,7,11,15H,5-6,8H2,1-2H3. The Hall–Kier alpha value is -0.670. The van der Waals surface area contributed by atoms with E-state index in [-0.39, 0.29) is 0 Å². The highest BCUT2D eigenvalue weighted by molar-refractivity contribution is 7.80. The zero-order valence-electron chi connectivity index (χ0n) is 9.23. The second-order valence-electron chi connectivity index (χ2n) is 4.13. The normalized spacial score (nSPS) is 16.3. The maximum Gasteiger partial charge on any atom is 0.122 e. The Kier molecular flexibility index (Phi) is 3.22. The van der Waals surface area contributed by atoms with Crippen LogP contribution >= 0.6 is 12.6 Å². The van der Waals surface area contributed by atoms with Crippen LogP contribution in [-0.2, 0) is 6.42 Å². The topological polar surface area (TPSA) is 12.5 Å². The van der Waals surface area contributed by atoms with Crippen LogP contribution in [0.25, 0.3) is 0 Å². The largest absolute Gasteiger partial charge is 0.493 e. The molecule has 1 unspecified atom stereocenters. The summed E-state index contributed by atoms with van der Waals surface area (Å²) >= 11 is 4.40. The van der Waals surface area contributed by atoms with Crippen LogP contribution in [0, 0.1) is 0 Å². The molecule has 0 spiro atoms. The van der Waals surface area contributed by atoms with E-state index in [0.717, 1.165) is 24.5 Å². The number of hydrogen-bond donors (Lipinski definition) is 1. The zero-order chi connectivity index (χ0) is 10.8. The van der Waals surface area contributed by atoms with Crippen molar-refractivity contribution >= 4 is 12.6 Å². The van der Waals surface area contributed by atoms with Gasteiger partial charge >= 0.3 is 0 Å². The Labute approximate surface area is 96.6 Å². The van der Waals surface area contributed by atoms with Gasteiger partial charge in [0.25, 0.3) is 0 Å². The first kappa shape index (κ1) is 10.8. The van der Waals surface area contributed by atoms with Crippen LogP contribution < -0.4 is 4.74 Å². The molecule has 1 aliphatic heterocycles. The molecule has 0 aromatic heterocycles. The average Bonchev–Trinajstić information content (AvgIpc) is 2.65. The van der Waals surface area contributed by atoms with E-state index < -0.39 is 0 Å². The minimum Gasteiger partial charge on any atom is -0.493 e. The van der Waals surface area contributed by atoms with Crippen LogP contribution in [0.2, 0.25) is 0 Å². The maximum absolute atomic E-state index is 5.49. The third-order valence-electron chi connectivity index (χ3n) is 2.89. The van der Waals surface area contributed by atoms with Crippen molar-refractivity contribution in [3.63, 3.8) is 0 Å². The number of fused-ring (bicyclic) bond motifs is 1. The highest BCUT2D eigenvalue weighted by Gasteiger charge is 2.17. The minimum absolute atomic E-state index is 0.388. The lowest BCUT2D eigenvalue weighted by molar-refractivity contribution is 0.326. The van der Waals surface area contributed by atoms with Gasteiger partial charge in [-0.2, -0.15) is 12.6 Å². The van der Waals surface area contributed by atoms with E-state index in [2.05, 4.69) is 49.8 Å². The smallest absolute Gasteiger partial charge is 0.122 e. The summed E-state index contributed by atoms with van der Waals surface area (Å²) in [5, 5.41) is 0. The van der Waals surface area contributed by atoms with E-state index in [0.29, 0.717) is 6.04 Å². The first-order valence-electron chi connectivity index (χ1n) is 5.25. The third kappa shape index (κ3) is 2.13. The molecule has 15 heavy (non-hydrogen) atoms. The van der Waals surface area contributed by atoms with Crippen molar-refractivity contribution in [1.82, 2.24) is 4.90 Å². The van der Waals surface area contributed by atoms with E-state index in [9.17, 15) is 0 Å². The Balaban J connectivity index is 2.28. The average molecular weight is 223 g/mol. The van der Waals surface area contributed by atoms with Gasteiger partial charge in [-0.05, 0) is 31.3 Å². The van der Waals surface area contributed by atoms with Crippen LogP contribution in [0.15, 0.2) is 18.2 Å². The molecule has 0 saturated carbocycles. The molecular formula is C12H17NOS. The summed E-state index contributed by atoms with van der Waals surface area (Å²) in [6, 6.07) is 6.87. The fourth-order valence-electron chi connectivity index (χ4n) is 1.98. The molecule has 1 aliphatic rings. The van der Waals surface area contributed by atoms with Gasteiger partial charge in [-0.3, -0.25) is 0 Å². The van der Waals surface area contributed by atoms with Crippen molar-refractivity contribution in [3.8, 4) is 5.75 Å². The Morgan fingerprint density at radius 1 is 1.47 bits per heavy atom. The molecular weight excluding hydrogens is 206 g/mol. The van der Waals surface area contributed by atoms with Crippen molar-refractivity contribution in [3.05, 3.63) is 29.3 Å². The molecule has 1 aromatic carbocycles. The number of rotatable bonds is 3. The second kappa shape index (κ2) is 4.45. The van der Waals surface area contributed by atoms with Crippen molar-refractivity contribution in [2.45, 2.75) is 12.5 Å². The highest BCUT2D eigenvalue weighted by atomic mass is 32.1. The van der Waals surface area contributed by atoms with Crippen LogP contribution in [0.3, 0.4) is 0 Å². The highest BCUT2D eigenvalue weighted by Crippen LogP contribution is 2.29. The lowest BCUT2D eigenvalue weighted by Gasteiger charge is -2.23. The van der Waals surface area contributed by atoms with E-state index >= 15 is 0 Å². The molecule has 2 nitrogen and oxygen atoms in total. The molecule has 0 saturated heterocycles. The summed E-state index contributed by atoms with van der Waals surface area (Å²) in [6.07, 6.45) is 1.04. The predicted molar refractivity (Wildman–Crippen MR) is 65.9 cm³/mol. The molecule has 1 heterocycles. The van der Waals surface area contributed by atoms with Gasteiger partial charge in [0.2, 0.25) is 0 Å². The van der Waals surface area contributed by atoms with Gasteiger partial charge < -0.3 is 9.64 Å². The molecule has 1 aromatic rings. The van der Waals surface area contributed by atoms with Crippen molar-refractivity contribution < 1.29 is 4.74 Å². The predicted octanol–water partition coefficient (Wildman–Crippen LogP) is 2.15. The molecule has 0 amide bonds. The zero-order valence-corrected chi connectivity index (χ0v) is 10.1. The molecule has 0 fully saturated rings. The number of ether oxygens (including phenoxy) is 1. The summed E-state index contributed by atoms with van der Waals surface area (Å²) in [4.78, 5) is 2.20. The maximum atomic E-state index is 5.49. The fourth-order valence-corrected chi connectivity index (χ4v) is 2.52. The summed E-state index contributed by atoms with van der Waals surface area (Å²) in [6.45, 7) is 0.826.